The number of rotatable bonds is 10. The number of nitrogens with zero attached hydrogens (tertiary/aromatic N) is 1. The Morgan fingerprint density at radius 2 is 1.90 bits per heavy atom. The zero-order valence-corrected chi connectivity index (χ0v) is 17.4. The second-order valence-corrected chi connectivity index (χ2v) is 8.48. The van der Waals surface area contributed by atoms with Crippen molar-refractivity contribution in [1.82, 2.24) is 10.0 Å². The van der Waals surface area contributed by atoms with E-state index in [1.807, 2.05) is 37.3 Å². The molecule has 2 aromatic carbocycles. The second kappa shape index (κ2) is 10.3. The highest BCUT2D eigenvalue weighted by Crippen LogP contribution is 2.27. The van der Waals surface area contributed by atoms with E-state index in [0.717, 1.165) is 23.8 Å². The molecule has 0 aliphatic heterocycles. The number of nitro benzene ring substituents is 1. The van der Waals surface area contributed by atoms with E-state index in [2.05, 4.69) is 10.0 Å². The number of carbonyl (C=O) groups is 1. The molecule has 2 aromatic rings. The van der Waals surface area contributed by atoms with Crippen molar-refractivity contribution in [3.63, 3.8) is 0 Å². The first kappa shape index (κ1) is 22.8. The van der Waals surface area contributed by atoms with E-state index in [1.54, 1.807) is 0 Å². The topological polar surface area (TPSA) is 118 Å². The van der Waals surface area contributed by atoms with Crippen molar-refractivity contribution in [3.05, 3.63) is 69.2 Å². The molecule has 0 aromatic heterocycles. The van der Waals surface area contributed by atoms with Gasteiger partial charge in [-0.1, -0.05) is 55.3 Å². The van der Waals surface area contributed by atoms with Crippen LogP contribution in [0.2, 0.25) is 5.02 Å². The highest BCUT2D eigenvalue weighted by Gasteiger charge is 2.27. The number of halogens is 1. The number of carbonyl (C=O) groups excluding carboxylic acids is 1. The van der Waals surface area contributed by atoms with Gasteiger partial charge in [0.2, 0.25) is 15.9 Å². The first-order valence-corrected chi connectivity index (χ1v) is 10.9. The average molecular weight is 440 g/mol. The van der Waals surface area contributed by atoms with Gasteiger partial charge in [0.15, 0.2) is 0 Å². The molecule has 29 heavy (non-hydrogen) atoms. The van der Waals surface area contributed by atoms with Crippen LogP contribution in [0.3, 0.4) is 0 Å². The van der Waals surface area contributed by atoms with Crippen LogP contribution in [0.15, 0.2) is 53.4 Å². The second-order valence-electron chi connectivity index (χ2n) is 6.36. The third kappa shape index (κ3) is 6.52. The molecule has 0 saturated heterocycles. The van der Waals surface area contributed by atoms with E-state index in [9.17, 15) is 23.3 Å². The zero-order valence-electron chi connectivity index (χ0n) is 15.8. The van der Waals surface area contributed by atoms with Gasteiger partial charge >= 0.3 is 0 Å². The average Bonchev–Trinajstić information content (AvgIpc) is 2.68. The molecule has 0 aliphatic carbocycles. The molecule has 0 spiro atoms. The Labute approximate surface area is 174 Å². The van der Waals surface area contributed by atoms with Crippen molar-refractivity contribution in [2.45, 2.75) is 37.1 Å². The Morgan fingerprint density at radius 3 is 2.52 bits per heavy atom. The molecular formula is C19H22ClN3O5S. The van der Waals surface area contributed by atoms with Gasteiger partial charge in [-0.05, 0) is 30.5 Å². The number of amides is 1. The Hall–Kier alpha value is -2.49. The Bertz CT molecular complexity index is 967. The highest BCUT2D eigenvalue weighted by molar-refractivity contribution is 7.89. The predicted molar refractivity (Wildman–Crippen MR) is 110 cm³/mol. The van der Waals surface area contributed by atoms with Gasteiger partial charge in [-0.3, -0.25) is 14.9 Å². The van der Waals surface area contributed by atoms with Gasteiger partial charge in [0.1, 0.15) is 11.1 Å². The van der Waals surface area contributed by atoms with E-state index >= 15 is 0 Å². The number of nitrogens with one attached hydrogen (secondary N) is 2. The van der Waals surface area contributed by atoms with Crippen molar-refractivity contribution in [1.29, 1.82) is 0 Å². The fraction of sp³-hybridized carbons (Fsp3) is 0.316. The van der Waals surface area contributed by atoms with E-state index in [1.165, 1.54) is 0 Å². The van der Waals surface area contributed by atoms with Crippen LogP contribution >= 0.6 is 11.6 Å². The normalized spacial score (nSPS) is 12.3. The molecule has 10 heteroatoms. The molecule has 0 radical (unpaired) electrons. The van der Waals surface area contributed by atoms with Gasteiger partial charge in [0.05, 0.1) is 9.82 Å². The van der Waals surface area contributed by atoms with E-state index in [4.69, 9.17) is 11.6 Å². The summed E-state index contributed by atoms with van der Waals surface area (Å²) in [4.78, 5) is 22.4. The minimum absolute atomic E-state index is 0.169. The van der Waals surface area contributed by atoms with Crippen LogP contribution in [0.25, 0.3) is 0 Å². The van der Waals surface area contributed by atoms with Crippen LogP contribution in [-0.4, -0.2) is 31.8 Å². The quantitative estimate of drug-likeness (QED) is 0.435. The van der Waals surface area contributed by atoms with Crippen LogP contribution in [-0.2, 0) is 21.2 Å². The maximum atomic E-state index is 12.6. The molecule has 156 valence electrons. The van der Waals surface area contributed by atoms with Crippen molar-refractivity contribution in [3.8, 4) is 0 Å². The number of nitro groups is 1. The van der Waals surface area contributed by atoms with Crippen LogP contribution in [0.4, 0.5) is 5.69 Å². The minimum Gasteiger partial charge on any atom is -0.354 e. The lowest BCUT2D eigenvalue weighted by atomic mass is 10.1. The fourth-order valence-electron chi connectivity index (χ4n) is 2.69. The summed E-state index contributed by atoms with van der Waals surface area (Å²) in [7, 11) is -4.15. The lowest BCUT2D eigenvalue weighted by molar-refractivity contribution is -0.384. The van der Waals surface area contributed by atoms with Crippen molar-refractivity contribution < 1.29 is 18.1 Å². The summed E-state index contributed by atoms with van der Waals surface area (Å²) in [5.74, 6) is -0.449. The Morgan fingerprint density at radius 1 is 1.21 bits per heavy atom. The smallest absolute Gasteiger partial charge is 0.289 e. The van der Waals surface area contributed by atoms with Crippen LogP contribution < -0.4 is 10.0 Å². The fourth-order valence-corrected chi connectivity index (χ4v) is 4.12. The molecule has 2 rings (SSSR count). The third-order valence-electron chi connectivity index (χ3n) is 4.17. The van der Waals surface area contributed by atoms with Gasteiger partial charge in [0, 0.05) is 12.6 Å². The molecule has 1 amide bonds. The minimum atomic E-state index is -4.15. The molecule has 0 fully saturated rings. The van der Waals surface area contributed by atoms with E-state index in [-0.39, 0.29) is 16.3 Å². The molecular weight excluding hydrogens is 418 g/mol. The van der Waals surface area contributed by atoms with E-state index < -0.39 is 32.6 Å². The van der Waals surface area contributed by atoms with Crippen LogP contribution in [0, 0.1) is 10.1 Å². The molecule has 0 aliphatic rings. The predicted octanol–water partition coefficient (Wildman–Crippen LogP) is 3.05. The van der Waals surface area contributed by atoms with Crippen LogP contribution in [0.5, 0.6) is 0 Å². The summed E-state index contributed by atoms with van der Waals surface area (Å²) in [5, 5.41) is 13.6. The summed E-state index contributed by atoms with van der Waals surface area (Å²) < 4.78 is 27.6. The number of benzene rings is 2. The van der Waals surface area contributed by atoms with Crippen LogP contribution in [0.1, 0.15) is 25.3 Å². The summed E-state index contributed by atoms with van der Waals surface area (Å²) >= 11 is 5.73. The van der Waals surface area contributed by atoms with Gasteiger partial charge in [-0.25, -0.2) is 8.42 Å². The number of sulfonamides is 1. The lowest BCUT2D eigenvalue weighted by Crippen LogP contribution is -2.47. The molecule has 2 N–H and O–H groups in total. The van der Waals surface area contributed by atoms with Crippen molar-refractivity contribution in [2.24, 2.45) is 0 Å². The maximum absolute atomic E-state index is 12.6. The molecule has 1 unspecified atom stereocenters. The molecule has 0 bridgehead atoms. The monoisotopic (exact) mass is 439 g/mol. The van der Waals surface area contributed by atoms with Gasteiger partial charge < -0.3 is 5.32 Å². The molecule has 8 nitrogen and oxygen atoms in total. The van der Waals surface area contributed by atoms with Gasteiger partial charge in [0.25, 0.3) is 5.69 Å². The zero-order chi connectivity index (χ0) is 21.4. The summed E-state index contributed by atoms with van der Waals surface area (Å²) in [5.41, 5.74) is 0.530. The summed E-state index contributed by atoms with van der Waals surface area (Å²) in [6.07, 6.45) is 1.47. The number of hydrogen-bond donors (Lipinski definition) is 2. The number of hydrogen-bond acceptors (Lipinski definition) is 5. The standard InChI is InChI=1S/C19H22ClN3O5S/c1-2-6-17(19(24)21-12-11-14-7-4-3-5-8-14)22-29(27,28)15-9-10-16(20)18(13-15)23(25)26/h3-5,7-10,13,17,22H,2,6,11-12H2,1H3,(H,21,24). The SMILES string of the molecule is CCCC(NS(=O)(=O)c1ccc(Cl)c([N+](=O)[O-])c1)C(=O)NCCc1ccccc1. The van der Waals surface area contributed by atoms with E-state index in [0.29, 0.717) is 19.4 Å². The highest BCUT2D eigenvalue weighted by atomic mass is 35.5. The maximum Gasteiger partial charge on any atom is 0.289 e. The summed E-state index contributed by atoms with van der Waals surface area (Å²) in [6, 6.07) is 11.8. The van der Waals surface area contributed by atoms with Crippen molar-refractivity contribution >= 4 is 33.2 Å². The first-order valence-electron chi connectivity index (χ1n) is 9.02. The Kier molecular flexibility index (Phi) is 8.12. The molecule has 1 atom stereocenters. The molecule has 0 saturated carbocycles. The van der Waals surface area contributed by atoms with Crippen molar-refractivity contribution in [2.75, 3.05) is 6.54 Å². The Balaban J connectivity index is 2.08. The third-order valence-corrected chi connectivity index (χ3v) is 5.96. The lowest BCUT2D eigenvalue weighted by Gasteiger charge is -2.18. The van der Waals surface area contributed by atoms with Gasteiger partial charge in [-0.15, -0.1) is 0 Å². The van der Waals surface area contributed by atoms with Gasteiger partial charge in [-0.2, -0.15) is 4.72 Å². The first-order chi connectivity index (χ1) is 13.7. The summed E-state index contributed by atoms with van der Waals surface area (Å²) in [6.45, 7) is 2.18. The largest absolute Gasteiger partial charge is 0.354 e. The molecule has 0 heterocycles.